The van der Waals surface area contributed by atoms with Gasteiger partial charge in [0.15, 0.2) is 0 Å². The fourth-order valence-electron chi connectivity index (χ4n) is 4.20. The van der Waals surface area contributed by atoms with Crippen LogP contribution >= 0.6 is 0 Å². The first kappa shape index (κ1) is 19.7. The molecule has 1 saturated heterocycles. The second-order valence-electron chi connectivity index (χ2n) is 7.68. The molecule has 3 aromatic rings. The Morgan fingerprint density at radius 1 is 0.781 bits per heavy atom. The fraction of sp³-hybridized carbons (Fsp3) is 0.0741. The number of rotatable bonds is 4. The molecule has 0 aliphatic carbocycles. The van der Waals surface area contributed by atoms with Gasteiger partial charge in [-0.15, -0.1) is 0 Å². The lowest BCUT2D eigenvalue weighted by Crippen LogP contribution is -2.42. The van der Waals surface area contributed by atoms with Crippen LogP contribution in [0, 0.1) is 0 Å². The topological polar surface area (TPSA) is 63.7 Å². The van der Waals surface area contributed by atoms with Crippen molar-refractivity contribution >= 4 is 29.4 Å². The number of imide groups is 1. The highest BCUT2D eigenvalue weighted by Crippen LogP contribution is 2.48. The number of likely N-dealkylation sites (tertiary alicyclic amines) is 1. The maximum absolute atomic E-state index is 13.8. The van der Waals surface area contributed by atoms with Gasteiger partial charge in [0, 0.05) is 11.6 Å². The largest absolute Gasteiger partial charge is 0.435 e. The molecule has 0 aromatic heterocycles. The summed E-state index contributed by atoms with van der Waals surface area (Å²) >= 11 is 0. The minimum Gasteiger partial charge on any atom is -0.435 e. The van der Waals surface area contributed by atoms with Gasteiger partial charge in [0.1, 0.15) is 0 Å². The molecule has 2 aliphatic rings. The molecular weight excluding hydrogens is 402 g/mol. The van der Waals surface area contributed by atoms with Crippen molar-refractivity contribution in [2.45, 2.75) is 12.1 Å². The highest BCUT2D eigenvalue weighted by Gasteiger charge is 2.63. The summed E-state index contributed by atoms with van der Waals surface area (Å²) in [5, 5.41) is 0. The molecule has 2 aliphatic heterocycles. The summed E-state index contributed by atoms with van der Waals surface area (Å²) in [4.78, 5) is 41.1. The van der Waals surface area contributed by atoms with E-state index in [2.05, 4.69) is 0 Å². The van der Waals surface area contributed by atoms with Gasteiger partial charge in [0.25, 0.3) is 11.8 Å². The van der Waals surface area contributed by atoms with Crippen molar-refractivity contribution in [3.8, 4) is 0 Å². The Kier molecular flexibility index (Phi) is 4.79. The van der Waals surface area contributed by atoms with Crippen LogP contribution in [0.4, 0.5) is 0 Å². The second-order valence-corrected chi connectivity index (χ2v) is 7.68. The molecule has 0 saturated carbocycles. The third-order valence-electron chi connectivity index (χ3n) is 5.68. The van der Waals surface area contributed by atoms with E-state index in [0.717, 1.165) is 11.1 Å². The minimum atomic E-state index is -1.81. The average Bonchev–Trinajstić information content (AvgIpc) is 3.27. The number of benzene rings is 3. The Morgan fingerprint density at radius 2 is 1.38 bits per heavy atom. The zero-order valence-corrected chi connectivity index (χ0v) is 17.1. The van der Waals surface area contributed by atoms with E-state index in [-0.39, 0.29) is 12.1 Å². The van der Waals surface area contributed by atoms with Crippen molar-refractivity contribution < 1.29 is 19.1 Å². The number of hydrogen-bond acceptors (Lipinski definition) is 4. The van der Waals surface area contributed by atoms with Crippen molar-refractivity contribution in [3.05, 3.63) is 119 Å². The number of hydrogen-bond donors (Lipinski definition) is 0. The van der Waals surface area contributed by atoms with E-state index in [4.69, 9.17) is 4.74 Å². The highest BCUT2D eigenvalue weighted by molar-refractivity contribution is 6.29. The van der Waals surface area contributed by atoms with Gasteiger partial charge in [-0.3, -0.25) is 14.5 Å². The molecule has 1 unspecified atom stereocenters. The zero-order chi connectivity index (χ0) is 22.1. The molecule has 156 valence electrons. The van der Waals surface area contributed by atoms with Gasteiger partial charge < -0.3 is 4.74 Å². The molecule has 32 heavy (non-hydrogen) atoms. The maximum atomic E-state index is 13.8. The summed E-state index contributed by atoms with van der Waals surface area (Å²) in [5.74, 6) is -1.68. The lowest BCUT2D eigenvalue weighted by molar-refractivity contribution is -0.155. The zero-order valence-electron chi connectivity index (χ0n) is 17.1. The van der Waals surface area contributed by atoms with Crippen molar-refractivity contribution in [3.63, 3.8) is 0 Å². The SMILES string of the molecule is O=C1C=C(c2ccccc2)C2(O1)C(=O)N(Cc1ccccc1)C(=O)/C2=C/c1ccccc1. The quantitative estimate of drug-likeness (QED) is 0.363. The van der Waals surface area contributed by atoms with Crippen LogP contribution in [-0.2, 0) is 25.7 Å². The molecule has 1 atom stereocenters. The first-order chi connectivity index (χ1) is 15.6. The molecular formula is C27H19NO4. The summed E-state index contributed by atoms with van der Waals surface area (Å²) in [6, 6.07) is 27.6. The van der Waals surface area contributed by atoms with Gasteiger partial charge in [0.2, 0.25) is 5.60 Å². The molecule has 0 N–H and O–H groups in total. The van der Waals surface area contributed by atoms with E-state index in [0.29, 0.717) is 11.1 Å². The number of nitrogens with zero attached hydrogens (tertiary/aromatic N) is 1. The summed E-state index contributed by atoms with van der Waals surface area (Å²) < 4.78 is 5.70. The monoisotopic (exact) mass is 421 g/mol. The Morgan fingerprint density at radius 3 is 2.03 bits per heavy atom. The Labute approximate surface area is 185 Å². The molecule has 0 bridgehead atoms. The van der Waals surface area contributed by atoms with Crippen molar-refractivity contribution in [2.75, 3.05) is 0 Å². The first-order valence-electron chi connectivity index (χ1n) is 10.3. The number of esters is 1. The van der Waals surface area contributed by atoms with Crippen LogP contribution in [0.3, 0.4) is 0 Å². The van der Waals surface area contributed by atoms with Crippen LogP contribution < -0.4 is 0 Å². The Hall–Kier alpha value is -4.25. The van der Waals surface area contributed by atoms with Crippen LogP contribution in [0.15, 0.2) is 103 Å². The third-order valence-corrected chi connectivity index (χ3v) is 5.68. The summed E-state index contributed by atoms with van der Waals surface area (Å²) in [5.41, 5.74) is 0.893. The number of carbonyl (C=O) groups is 3. The van der Waals surface area contributed by atoms with Crippen LogP contribution in [0.25, 0.3) is 11.6 Å². The predicted molar refractivity (Wildman–Crippen MR) is 120 cm³/mol. The molecule has 1 fully saturated rings. The highest BCUT2D eigenvalue weighted by atomic mass is 16.6. The standard InChI is InChI=1S/C27H19NO4/c29-24-17-22(21-14-8-3-9-15-21)27(32-24)23(16-19-10-4-1-5-11-19)25(30)28(26(27)31)18-20-12-6-2-7-13-20/h1-17H,18H2/b23-16-. The maximum Gasteiger partial charge on any atom is 0.332 e. The normalized spacial score (nSPS) is 21.4. The van der Waals surface area contributed by atoms with Crippen molar-refractivity contribution in [2.24, 2.45) is 0 Å². The van der Waals surface area contributed by atoms with E-state index in [1.165, 1.54) is 11.0 Å². The Bertz CT molecular complexity index is 1260. The van der Waals surface area contributed by atoms with Crippen LogP contribution in [0.2, 0.25) is 0 Å². The van der Waals surface area contributed by atoms with Crippen molar-refractivity contribution in [1.29, 1.82) is 0 Å². The van der Waals surface area contributed by atoms with E-state index < -0.39 is 23.4 Å². The van der Waals surface area contributed by atoms with E-state index in [1.807, 2.05) is 78.9 Å². The minimum absolute atomic E-state index is 0.0893. The molecule has 5 nitrogen and oxygen atoms in total. The molecule has 5 heteroatoms. The molecule has 2 amide bonds. The van der Waals surface area contributed by atoms with Gasteiger partial charge in [-0.05, 0) is 22.8 Å². The van der Waals surface area contributed by atoms with E-state index >= 15 is 0 Å². The van der Waals surface area contributed by atoms with E-state index in [1.54, 1.807) is 18.2 Å². The molecule has 1 spiro atoms. The predicted octanol–water partition coefficient (Wildman–Crippen LogP) is 4.02. The van der Waals surface area contributed by atoms with Gasteiger partial charge in [-0.2, -0.15) is 0 Å². The second kappa shape index (κ2) is 7.78. The molecule has 3 aromatic carbocycles. The lowest BCUT2D eigenvalue weighted by Gasteiger charge is -2.25. The van der Waals surface area contributed by atoms with Crippen LogP contribution in [0.1, 0.15) is 16.7 Å². The van der Waals surface area contributed by atoms with Gasteiger partial charge in [-0.1, -0.05) is 91.0 Å². The fourth-order valence-corrected chi connectivity index (χ4v) is 4.20. The number of amides is 2. The molecule has 5 rings (SSSR count). The van der Waals surface area contributed by atoms with Crippen LogP contribution in [0.5, 0.6) is 0 Å². The third kappa shape index (κ3) is 3.15. The van der Waals surface area contributed by atoms with Gasteiger partial charge in [0.05, 0.1) is 12.1 Å². The van der Waals surface area contributed by atoms with Gasteiger partial charge in [-0.25, -0.2) is 4.79 Å². The summed E-state index contributed by atoms with van der Waals surface area (Å²) in [6.07, 6.45) is 2.95. The summed E-state index contributed by atoms with van der Waals surface area (Å²) in [7, 11) is 0. The molecule has 0 radical (unpaired) electrons. The number of ether oxygens (including phenoxy) is 1. The lowest BCUT2D eigenvalue weighted by atomic mass is 9.83. The summed E-state index contributed by atoms with van der Waals surface area (Å²) in [6.45, 7) is 0.0893. The first-order valence-corrected chi connectivity index (χ1v) is 10.3. The number of carbonyl (C=O) groups excluding carboxylic acids is 3. The Balaban J connectivity index is 1.68. The van der Waals surface area contributed by atoms with Crippen molar-refractivity contribution in [1.82, 2.24) is 4.90 Å². The smallest absolute Gasteiger partial charge is 0.332 e. The average molecular weight is 421 g/mol. The van der Waals surface area contributed by atoms with E-state index in [9.17, 15) is 14.4 Å². The van der Waals surface area contributed by atoms with Gasteiger partial charge >= 0.3 is 5.97 Å². The van der Waals surface area contributed by atoms with Crippen LogP contribution in [-0.4, -0.2) is 28.3 Å². The molecule has 2 heterocycles.